The zero-order valence-corrected chi connectivity index (χ0v) is 13.4. The third-order valence-electron chi connectivity index (χ3n) is 4.18. The van der Waals surface area contributed by atoms with Crippen molar-refractivity contribution in [2.24, 2.45) is 0 Å². The van der Waals surface area contributed by atoms with Crippen LogP contribution in [0.4, 0.5) is 4.39 Å². The Balaban J connectivity index is 1.67. The van der Waals surface area contributed by atoms with E-state index in [4.69, 9.17) is 0 Å². The Morgan fingerprint density at radius 1 is 1.09 bits per heavy atom. The standard InChI is InChI=1S/C19H20FN3/c1-15(17-5-7-18(20)8-6-17)22(2)13-16-3-9-19(10-4-16)23-12-11-21-14-23/h3-12,14-15H,13H2,1-2H3. The topological polar surface area (TPSA) is 21.1 Å². The second-order valence-corrected chi connectivity index (χ2v) is 5.78. The third kappa shape index (κ3) is 3.66. The van der Waals surface area contributed by atoms with Gasteiger partial charge in [-0.2, -0.15) is 0 Å². The second-order valence-electron chi connectivity index (χ2n) is 5.78. The van der Waals surface area contributed by atoms with Crippen molar-refractivity contribution in [1.29, 1.82) is 0 Å². The van der Waals surface area contributed by atoms with Crippen molar-refractivity contribution in [3.05, 3.63) is 84.2 Å². The first kappa shape index (κ1) is 15.4. The Hall–Kier alpha value is -2.46. The largest absolute Gasteiger partial charge is 0.306 e. The van der Waals surface area contributed by atoms with Gasteiger partial charge in [0.2, 0.25) is 0 Å². The number of hydrogen-bond donors (Lipinski definition) is 0. The number of aromatic nitrogens is 2. The number of benzene rings is 2. The molecule has 0 aliphatic heterocycles. The van der Waals surface area contributed by atoms with E-state index in [1.807, 2.05) is 22.9 Å². The number of hydrogen-bond acceptors (Lipinski definition) is 2. The van der Waals surface area contributed by atoms with Crippen molar-refractivity contribution >= 4 is 0 Å². The molecule has 1 aromatic heterocycles. The van der Waals surface area contributed by atoms with E-state index in [-0.39, 0.29) is 11.9 Å². The van der Waals surface area contributed by atoms with Crippen LogP contribution in [-0.2, 0) is 6.54 Å². The first-order valence-electron chi connectivity index (χ1n) is 7.66. The molecular formula is C19H20FN3. The Morgan fingerprint density at radius 2 is 1.78 bits per heavy atom. The zero-order valence-electron chi connectivity index (χ0n) is 13.4. The molecule has 0 bridgehead atoms. The van der Waals surface area contributed by atoms with Crippen molar-refractivity contribution in [1.82, 2.24) is 14.5 Å². The summed E-state index contributed by atoms with van der Waals surface area (Å²) in [7, 11) is 2.08. The summed E-state index contributed by atoms with van der Waals surface area (Å²) in [5.74, 6) is -0.196. The first-order valence-corrected chi connectivity index (χ1v) is 7.66. The van der Waals surface area contributed by atoms with Gasteiger partial charge in [-0.3, -0.25) is 4.90 Å². The van der Waals surface area contributed by atoms with Gasteiger partial charge in [0, 0.05) is 30.7 Å². The smallest absolute Gasteiger partial charge is 0.123 e. The van der Waals surface area contributed by atoms with Gasteiger partial charge in [-0.05, 0) is 49.4 Å². The molecule has 0 radical (unpaired) electrons. The fourth-order valence-corrected chi connectivity index (χ4v) is 2.61. The lowest BCUT2D eigenvalue weighted by Gasteiger charge is -2.25. The van der Waals surface area contributed by atoms with E-state index in [0.717, 1.165) is 17.8 Å². The molecule has 2 aromatic carbocycles. The summed E-state index contributed by atoms with van der Waals surface area (Å²) in [6.07, 6.45) is 5.49. The van der Waals surface area contributed by atoms with E-state index in [1.54, 1.807) is 12.5 Å². The van der Waals surface area contributed by atoms with Crippen LogP contribution in [0.3, 0.4) is 0 Å². The average molecular weight is 309 g/mol. The van der Waals surface area contributed by atoms with Crippen LogP contribution in [0.15, 0.2) is 67.3 Å². The predicted octanol–water partition coefficient (Wildman–Crippen LogP) is 4.20. The van der Waals surface area contributed by atoms with Crippen molar-refractivity contribution < 1.29 is 4.39 Å². The van der Waals surface area contributed by atoms with Gasteiger partial charge in [-0.1, -0.05) is 24.3 Å². The minimum atomic E-state index is -0.196. The van der Waals surface area contributed by atoms with Crippen LogP contribution in [0.1, 0.15) is 24.1 Å². The molecule has 1 unspecified atom stereocenters. The molecule has 3 rings (SSSR count). The van der Waals surface area contributed by atoms with Gasteiger partial charge in [-0.15, -0.1) is 0 Å². The van der Waals surface area contributed by atoms with Gasteiger partial charge in [0.15, 0.2) is 0 Å². The van der Waals surface area contributed by atoms with Crippen LogP contribution in [0.5, 0.6) is 0 Å². The molecular weight excluding hydrogens is 289 g/mol. The molecule has 3 aromatic rings. The molecule has 0 aliphatic carbocycles. The maximum Gasteiger partial charge on any atom is 0.123 e. The summed E-state index contributed by atoms with van der Waals surface area (Å²) in [4.78, 5) is 6.31. The molecule has 0 saturated carbocycles. The Morgan fingerprint density at radius 3 is 2.39 bits per heavy atom. The number of halogens is 1. The summed E-state index contributed by atoms with van der Waals surface area (Å²) in [6.45, 7) is 2.97. The van der Waals surface area contributed by atoms with E-state index < -0.39 is 0 Å². The number of rotatable bonds is 5. The Kier molecular flexibility index (Phi) is 4.53. The molecule has 1 atom stereocenters. The maximum absolute atomic E-state index is 13.0. The summed E-state index contributed by atoms with van der Waals surface area (Å²) in [6, 6.07) is 15.4. The highest BCUT2D eigenvalue weighted by Crippen LogP contribution is 2.21. The molecule has 0 fully saturated rings. The summed E-state index contributed by atoms with van der Waals surface area (Å²) >= 11 is 0. The van der Waals surface area contributed by atoms with E-state index >= 15 is 0 Å². The molecule has 0 spiro atoms. The highest BCUT2D eigenvalue weighted by atomic mass is 19.1. The normalized spacial score (nSPS) is 12.5. The van der Waals surface area contributed by atoms with Gasteiger partial charge >= 0.3 is 0 Å². The van der Waals surface area contributed by atoms with Crippen LogP contribution in [0.2, 0.25) is 0 Å². The van der Waals surface area contributed by atoms with Gasteiger partial charge in [0.25, 0.3) is 0 Å². The third-order valence-corrected chi connectivity index (χ3v) is 4.18. The van der Waals surface area contributed by atoms with Crippen molar-refractivity contribution in [2.75, 3.05) is 7.05 Å². The quantitative estimate of drug-likeness (QED) is 0.704. The minimum Gasteiger partial charge on any atom is -0.306 e. The molecule has 118 valence electrons. The molecule has 0 N–H and O–H groups in total. The fraction of sp³-hybridized carbons (Fsp3) is 0.211. The highest BCUT2D eigenvalue weighted by Gasteiger charge is 2.12. The molecule has 3 nitrogen and oxygen atoms in total. The van der Waals surface area contributed by atoms with E-state index in [0.29, 0.717) is 0 Å². The second kappa shape index (κ2) is 6.75. The Bertz CT molecular complexity index is 733. The first-order chi connectivity index (χ1) is 11.1. The molecule has 23 heavy (non-hydrogen) atoms. The van der Waals surface area contributed by atoms with Crippen LogP contribution >= 0.6 is 0 Å². The van der Waals surface area contributed by atoms with E-state index in [1.165, 1.54) is 17.7 Å². The van der Waals surface area contributed by atoms with Crippen LogP contribution in [0.25, 0.3) is 5.69 Å². The Labute approximate surface area is 136 Å². The van der Waals surface area contributed by atoms with Gasteiger partial charge in [-0.25, -0.2) is 9.37 Å². The van der Waals surface area contributed by atoms with Crippen LogP contribution in [-0.4, -0.2) is 21.5 Å². The number of nitrogens with zero attached hydrogens (tertiary/aromatic N) is 3. The minimum absolute atomic E-state index is 0.196. The van der Waals surface area contributed by atoms with Gasteiger partial charge in [0.05, 0.1) is 6.33 Å². The fourth-order valence-electron chi connectivity index (χ4n) is 2.61. The van der Waals surface area contributed by atoms with Crippen LogP contribution in [0, 0.1) is 5.82 Å². The molecule has 4 heteroatoms. The monoisotopic (exact) mass is 309 g/mol. The summed E-state index contributed by atoms with van der Waals surface area (Å²) in [5.41, 5.74) is 3.45. The van der Waals surface area contributed by atoms with Crippen LogP contribution < -0.4 is 0 Å². The predicted molar refractivity (Wildman–Crippen MR) is 89.8 cm³/mol. The summed E-state index contributed by atoms with van der Waals surface area (Å²) in [5, 5.41) is 0. The van der Waals surface area contributed by atoms with Gasteiger partial charge in [0.1, 0.15) is 5.82 Å². The SMILES string of the molecule is CC(c1ccc(F)cc1)N(C)Cc1ccc(-n2ccnc2)cc1. The van der Waals surface area contributed by atoms with Crippen molar-refractivity contribution in [2.45, 2.75) is 19.5 Å². The molecule has 0 amide bonds. The van der Waals surface area contributed by atoms with E-state index in [9.17, 15) is 4.39 Å². The molecule has 0 saturated heterocycles. The molecule has 0 aliphatic rings. The number of imidazole rings is 1. The summed E-state index contributed by atoms with van der Waals surface area (Å²) < 4.78 is 15.0. The van der Waals surface area contributed by atoms with Crippen molar-refractivity contribution in [3.8, 4) is 5.69 Å². The molecule has 1 heterocycles. The zero-order chi connectivity index (χ0) is 16.2. The lowest BCUT2D eigenvalue weighted by molar-refractivity contribution is 0.253. The van der Waals surface area contributed by atoms with E-state index in [2.05, 4.69) is 48.1 Å². The van der Waals surface area contributed by atoms with Gasteiger partial charge < -0.3 is 4.57 Å². The van der Waals surface area contributed by atoms with Crippen molar-refractivity contribution in [3.63, 3.8) is 0 Å². The maximum atomic E-state index is 13.0. The highest BCUT2D eigenvalue weighted by molar-refractivity contribution is 5.34. The average Bonchev–Trinajstić information content (AvgIpc) is 3.10. The lowest BCUT2D eigenvalue weighted by atomic mass is 10.1. The lowest BCUT2D eigenvalue weighted by Crippen LogP contribution is -2.21.